The van der Waals surface area contributed by atoms with Crippen molar-refractivity contribution in [1.82, 2.24) is 0 Å². The lowest BCUT2D eigenvalue weighted by Gasteiger charge is -1.99. The third-order valence-corrected chi connectivity index (χ3v) is 1.99. The van der Waals surface area contributed by atoms with Gasteiger partial charge in [-0.05, 0) is 30.5 Å². The molecule has 2 heteroatoms. The second-order valence-electron chi connectivity index (χ2n) is 3.20. The lowest BCUT2D eigenvalue weighted by Crippen LogP contribution is -2.02. The SMILES string of the molecule is NCCc1cccc(C=CCCO)c1. The molecule has 14 heavy (non-hydrogen) atoms. The molecule has 1 aromatic carbocycles. The highest BCUT2D eigenvalue weighted by Gasteiger charge is 1.91. The molecule has 0 aliphatic carbocycles. The van der Waals surface area contributed by atoms with Crippen LogP contribution in [0.3, 0.4) is 0 Å². The quantitative estimate of drug-likeness (QED) is 0.742. The monoisotopic (exact) mass is 191 g/mol. The van der Waals surface area contributed by atoms with Crippen LogP contribution in [-0.4, -0.2) is 18.3 Å². The van der Waals surface area contributed by atoms with Gasteiger partial charge in [0, 0.05) is 6.61 Å². The van der Waals surface area contributed by atoms with Gasteiger partial charge in [0.05, 0.1) is 0 Å². The Morgan fingerprint density at radius 2 is 2.21 bits per heavy atom. The molecule has 0 amide bonds. The summed E-state index contributed by atoms with van der Waals surface area (Å²) in [6.07, 6.45) is 5.63. The van der Waals surface area contributed by atoms with Crippen LogP contribution in [0.5, 0.6) is 0 Å². The minimum absolute atomic E-state index is 0.207. The van der Waals surface area contributed by atoms with Crippen LogP contribution in [-0.2, 0) is 6.42 Å². The zero-order valence-corrected chi connectivity index (χ0v) is 8.32. The number of aliphatic hydroxyl groups excluding tert-OH is 1. The molecule has 0 unspecified atom stereocenters. The molecular weight excluding hydrogens is 174 g/mol. The van der Waals surface area contributed by atoms with Gasteiger partial charge in [-0.15, -0.1) is 0 Å². The molecule has 0 spiro atoms. The number of rotatable bonds is 5. The van der Waals surface area contributed by atoms with Crippen LogP contribution in [0, 0.1) is 0 Å². The molecule has 0 aliphatic heterocycles. The topological polar surface area (TPSA) is 46.2 Å². The first-order chi connectivity index (χ1) is 6.86. The summed E-state index contributed by atoms with van der Waals surface area (Å²) in [4.78, 5) is 0. The molecule has 0 radical (unpaired) electrons. The van der Waals surface area contributed by atoms with Crippen LogP contribution in [0.1, 0.15) is 17.5 Å². The third kappa shape index (κ3) is 3.73. The fourth-order valence-corrected chi connectivity index (χ4v) is 1.31. The Kier molecular flexibility index (Phi) is 4.97. The molecule has 1 aromatic rings. The number of benzene rings is 1. The minimum Gasteiger partial charge on any atom is -0.396 e. The molecule has 0 saturated heterocycles. The highest BCUT2D eigenvalue weighted by molar-refractivity contribution is 5.50. The van der Waals surface area contributed by atoms with Crippen molar-refractivity contribution in [1.29, 1.82) is 0 Å². The first-order valence-corrected chi connectivity index (χ1v) is 4.93. The van der Waals surface area contributed by atoms with E-state index in [1.165, 1.54) is 11.1 Å². The van der Waals surface area contributed by atoms with Gasteiger partial charge in [-0.25, -0.2) is 0 Å². The molecule has 3 N–H and O–H groups in total. The van der Waals surface area contributed by atoms with E-state index in [4.69, 9.17) is 10.8 Å². The molecule has 0 aliphatic rings. The predicted octanol–water partition coefficient (Wildman–Crippen LogP) is 1.58. The van der Waals surface area contributed by atoms with Crippen molar-refractivity contribution in [3.63, 3.8) is 0 Å². The molecule has 1 rings (SSSR count). The first kappa shape index (κ1) is 11.0. The van der Waals surface area contributed by atoms with Crippen LogP contribution in [0.25, 0.3) is 6.08 Å². The summed E-state index contributed by atoms with van der Waals surface area (Å²) in [6.45, 7) is 0.892. The highest BCUT2D eigenvalue weighted by Crippen LogP contribution is 2.07. The zero-order valence-electron chi connectivity index (χ0n) is 8.32. The van der Waals surface area contributed by atoms with Crippen molar-refractivity contribution >= 4 is 6.08 Å². The van der Waals surface area contributed by atoms with E-state index < -0.39 is 0 Å². The van der Waals surface area contributed by atoms with Crippen LogP contribution in [0.4, 0.5) is 0 Å². The van der Waals surface area contributed by atoms with E-state index in [0.717, 1.165) is 6.42 Å². The summed E-state index contributed by atoms with van der Waals surface area (Å²) in [5.74, 6) is 0. The molecule has 0 fully saturated rings. The van der Waals surface area contributed by atoms with E-state index >= 15 is 0 Å². The third-order valence-electron chi connectivity index (χ3n) is 1.99. The zero-order chi connectivity index (χ0) is 10.2. The second-order valence-corrected chi connectivity index (χ2v) is 3.20. The number of hydrogen-bond acceptors (Lipinski definition) is 2. The Morgan fingerprint density at radius 1 is 1.36 bits per heavy atom. The van der Waals surface area contributed by atoms with E-state index in [1.54, 1.807) is 0 Å². The summed E-state index contributed by atoms with van der Waals surface area (Å²) in [7, 11) is 0. The van der Waals surface area contributed by atoms with Crippen molar-refractivity contribution in [2.75, 3.05) is 13.2 Å². The lowest BCUT2D eigenvalue weighted by molar-refractivity contribution is 0.303. The summed E-state index contributed by atoms with van der Waals surface area (Å²) < 4.78 is 0. The Bertz CT molecular complexity index is 294. The second kappa shape index (κ2) is 6.35. The van der Waals surface area contributed by atoms with Gasteiger partial charge in [0.1, 0.15) is 0 Å². The van der Waals surface area contributed by atoms with Crippen LogP contribution < -0.4 is 5.73 Å². The maximum Gasteiger partial charge on any atom is 0.0465 e. The standard InChI is InChI=1S/C12H17NO/c13-8-7-12-6-3-5-11(10-12)4-1-2-9-14/h1,3-6,10,14H,2,7-9,13H2. The van der Waals surface area contributed by atoms with Crippen LogP contribution in [0.2, 0.25) is 0 Å². The fraction of sp³-hybridized carbons (Fsp3) is 0.333. The van der Waals surface area contributed by atoms with Gasteiger partial charge in [-0.1, -0.05) is 36.4 Å². The summed E-state index contributed by atoms with van der Waals surface area (Å²) in [6, 6.07) is 8.29. The molecule has 0 atom stereocenters. The molecule has 76 valence electrons. The number of aliphatic hydroxyl groups is 1. The van der Waals surface area contributed by atoms with E-state index in [2.05, 4.69) is 12.1 Å². The summed E-state index contributed by atoms with van der Waals surface area (Å²) >= 11 is 0. The van der Waals surface area contributed by atoms with Crippen molar-refractivity contribution in [3.05, 3.63) is 41.5 Å². The number of hydrogen-bond donors (Lipinski definition) is 2. The van der Waals surface area contributed by atoms with Gasteiger partial charge in [-0.2, -0.15) is 0 Å². The Labute approximate surface area is 85.1 Å². The number of nitrogens with two attached hydrogens (primary N) is 1. The first-order valence-electron chi connectivity index (χ1n) is 4.93. The van der Waals surface area contributed by atoms with Gasteiger partial charge in [0.25, 0.3) is 0 Å². The van der Waals surface area contributed by atoms with E-state index in [0.29, 0.717) is 13.0 Å². The van der Waals surface area contributed by atoms with Crippen molar-refractivity contribution in [2.45, 2.75) is 12.8 Å². The molecule has 2 nitrogen and oxygen atoms in total. The maximum absolute atomic E-state index is 8.62. The fourth-order valence-electron chi connectivity index (χ4n) is 1.31. The van der Waals surface area contributed by atoms with E-state index in [1.807, 2.05) is 24.3 Å². The predicted molar refractivity (Wildman–Crippen MR) is 59.9 cm³/mol. The maximum atomic E-state index is 8.62. The van der Waals surface area contributed by atoms with Gasteiger partial charge < -0.3 is 10.8 Å². The van der Waals surface area contributed by atoms with E-state index in [9.17, 15) is 0 Å². The van der Waals surface area contributed by atoms with Gasteiger partial charge in [-0.3, -0.25) is 0 Å². The van der Waals surface area contributed by atoms with E-state index in [-0.39, 0.29) is 6.61 Å². The Balaban J connectivity index is 2.63. The minimum atomic E-state index is 0.207. The largest absolute Gasteiger partial charge is 0.396 e. The molecule has 0 aromatic heterocycles. The molecular formula is C12H17NO. The molecule has 0 bridgehead atoms. The molecule has 0 heterocycles. The molecule has 0 saturated carbocycles. The smallest absolute Gasteiger partial charge is 0.0465 e. The Morgan fingerprint density at radius 3 is 2.93 bits per heavy atom. The summed E-state index contributed by atoms with van der Waals surface area (Å²) in [5, 5.41) is 8.62. The van der Waals surface area contributed by atoms with Crippen LogP contribution in [0.15, 0.2) is 30.3 Å². The average molecular weight is 191 g/mol. The lowest BCUT2D eigenvalue weighted by atomic mass is 10.1. The normalized spacial score (nSPS) is 11.0. The summed E-state index contributed by atoms with van der Waals surface area (Å²) in [5.41, 5.74) is 7.91. The van der Waals surface area contributed by atoms with Crippen molar-refractivity contribution < 1.29 is 5.11 Å². The van der Waals surface area contributed by atoms with Gasteiger partial charge >= 0.3 is 0 Å². The van der Waals surface area contributed by atoms with Crippen molar-refractivity contribution in [3.8, 4) is 0 Å². The van der Waals surface area contributed by atoms with Gasteiger partial charge in [0.15, 0.2) is 0 Å². The highest BCUT2D eigenvalue weighted by atomic mass is 16.2. The van der Waals surface area contributed by atoms with Crippen molar-refractivity contribution in [2.24, 2.45) is 5.73 Å². The average Bonchev–Trinajstić information content (AvgIpc) is 2.19. The van der Waals surface area contributed by atoms with Gasteiger partial charge in [0.2, 0.25) is 0 Å². The Hall–Kier alpha value is -1.12. The van der Waals surface area contributed by atoms with Crippen LogP contribution >= 0.6 is 0 Å².